The number of likely N-dealkylation sites (tertiary alicyclic amines) is 1. The predicted molar refractivity (Wildman–Crippen MR) is 50.0 cm³/mol. The fraction of sp³-hybridized carbons (Fsp3) is 1.00. The molecular weight excluding hydrogens is 146 g/mol. The SMILES string of the molecule is CCCCN1CC2CC2C2CC21. The molecule has 12 heavy (non-hydrogen) atoms. The molecule has 1 aliphatic heterocycles. The minimum atomic E-state index is 1.04. The lowest BCUT2D eigenvalue weighted by Gasteiger charge is -2.25. The van der Waals surface area contributed by atoms with Gasteiger partial charge in [0.05, 0.1) is 0 Å². The summed E-state index contributed by atoms with van der Waals surface area (Å²) in [4.78, 5) is 2.78. The lowest BCUT2D eigenvalue weighted by atomic mass is 10.1. The van der Waals surface area contributed by atoms with Gasteiger partial charge in [-0.1, -0.05) is 13.3 Å². The van der Waals surface area contributed by atoms with Crippen LogP contribution in [0.2, 0.25) is 0 Å². The highest BCUT2D eigenvalue weighted by atomic mass is 15.2. The monoisotopic (exact) mass is 165 g/mol. The van der Waals surface area contributed by atoms with Crippen molar-refractivity contribution in [3.8, 4) is 0 Å². The number of unbranched alkanes of at least 4 members (excludes halogenated alkanes) is 1. The topological polar surface area (TPSA) is 3.24 Å². The summed E-state index contributed by atoms with van der Waals surface area (Å²) in [6, 6.07) is 1.04. The molecule has 0 amide bonds. The lowest BCUT2D eigenvalue weighted by molar-refractivity contribution is 0.204. The van der Waals surface area contributed by atoms with Crippen LogP contribution in [-0.2, 0) is 0 Å². The maximum atomic E-state index is 2.78. The van der Waals surface area contributed by atoms with Gasteiger partial charge in [-0.2, -0.15) is 0 Å². The van der Waals surface area contributed by atoms with E-state index in [2.05, 4.69) is 11.8 Å². The summed E-state index contributed by atoms with van der Waals surface area (Å²) in [6.07, 6.45) is 5.90. The van der Waals surface area contributed by atoms with Crippen molar-refractivity contribution in [2.24, 2.45) is 17.8 Å². The quantitative estimate of drug-likeness (QED) is 0.619. The van der Waals surface area contributed by atoms with Gasteiger partial charge in [-0.05, 0) is 43.6 Å². The second kappa shape index (κ2) is 2.47. The van der Waals surface area contributed by atoms with Gasteiger partial charge in [0.25, 0.3) is 0 Å². The molecule has 0 aromatic carbocycles. The number of piperidine rings is 1. The summed E-state index contributed by atoms with van der Waals surface area (Å²) < 4.78 is 0. The Morgan fingerprint density at radius 1 is 1.25 bits per heavy atom. The third-order valence-electron chi connectivity index (χ3n) is 4.07. The summed E-state index contributed by atoms with van der Waals surface area (Å²) >= 11 is 0. The van der Waals surface area contributed by atoms with Crippen molar-refractivity contribution in [1.82, 2.24) is 4.90 Å². The zero-order valence-electron chi connectivity index (χ0n) is 8.00. The minimum absolute atomic E-state index is 1.04. The van der Waals surface area contributed by atoms with Crippen LogP contribution in [0.1, 0.15) is 32.6 Å². The predicted octanol–water partition coefficient (Wildman–Crippen LogP) is 2.13. The van der Waals surface area contributed by atoms with E-state index < -0.39 is 0 Å². The van der Waals surface area contributed by atoms with Crippen LogP contribution in [0.25, 0.3) is 0 Å². The Balaban J connectivity index is 1.58. The molecule has 3 aliphatic rings. The van der Waals surface area contributed by atoms with Gasteiger partial charge < -0.3 is 0 Å². The molecule has 3 rings (SSSR count). The summed E-state index contributed by atoms with van der Waals surface area (Å²) in [5.41, 5.74) is 0. The molecule has 3 fully saturated rings. The van der Waals surface area contributed by atoms with Crippen LogP contribution in [0, 0.1) is 17.8 Å². The van der Waals surface area contributed by atoms with E-state index in [0.717, 1.165) is 17.9 Å². The molecule has 0 spiro atoms. The fourth-order valence-corrected chi connectivity index (χ4v) is 3.14. The Labute approximate surface area is 75.1 Å². The molecule has 2 saturated carbocycles. The molecule has 1 saturated heterocycles. The highest BCUT2D eigenvalue weighted by Gasteiger charge is 2.59. The second-order valence-corrected chi connectivity index (χ2v) is 4.98. The molecule has 0 bridgehead atoms. The molecule has 0 N–H and O–H groups in total. The second-order valence-electron chi connectivity index (χ2n) is 4.98. The van der Waals surface area contributed by atoms with Gasteiger partial charge in [0.1, 0.15) is 0 Å². The van der Waals surface area contributed by atoms with E-state index in [1.54, 1.807) is 12.8 Å². The smallest absolute Gasteiger partial charge is 0.0130 e. The van der Waals surface area contributed by atoms with Gasteiger partial charge in [0, 0.05) is 12.6 Å². The van der Waals surface area contributed by atoms with Crippen molar-refractivity contribution in [3.05, 3.63) is 0 Å². The van der Waals surface area contributed by atoms with E-state index in [0.29, 0.717) is 0 Å². The molecule has 1 nitrogen and oxygen atoms in total. The Hall–Kier alpha value is -0.0400. The Kier molecular flexibility index (Phi) is 1.52. The molecule has 0 radical (unpaired) electrons. The van der Waals surface area contributed by atoms with Crippen LogP contribution in [0.5, 0.6) is 0 Å². The van der Waals surface area contributed by atoms with E-state index in [1.165, 1.54) is 31.8 Å². The summed E-state index contributed by atoms with van der Waals surface area (Å²) in [5, 5.41) is 0. The molecule has 4 atom stereocenters. The Morgan fingerprint density at radius 3 is 3.00 bits per heavy atom. The lowest BCUT2D eigenvalue weighted by Crippen LogP contribution is -2.33. The van der Waals surface area contributed by atoms with Crippen LogP contribution in [0.3, 0.4) is 0 Å². The first-order valence-electron chi connectivity index (χ1n) is 5.64. The number of rotatable bonds is 3. The number of hydrogen-bond donors (Lipinski definition) is 0. The zero-order valence-corrected chi connectivity index (χ0v) is 8.00. The van der Waals surface area contributed by atoms with Gasteiger partial charge in [-0.3, -0.25) is 4.90 Å². The molecule has 1 heterocycles. The number of fused-ring (bicyclic) bond motifs is 3. The maximum Gasteiger partial charge on any atom is 0.0130 e. The van der Waals surface area contributed by atoms with Crippen LogP contribution >= 0.6 is 0 Å². The Bertz CT molecular complexity index is 189. The average Bonchev–Trinajstić information content (AvgIpc) is 2.87. The van der Waals surface area contributed by atoms with Gasteiger partial charge in [-0.25, -0.2) is 0 Å². The van der Waals surface area contributed by atoms with Gasteiger partial charge in [-0.15, -0.1) is 0 Å². The van der Waals surface area contributed by atoms with Crippen molar-refractivity contribution in [1.29, 1.82) is 0 Å². The van der Waals surface area contributed by atoms with E-state index in [9.17, 15) is 0 Å². The minimum Gasteiger partial charge on any atom is -0.300 e. The molecule has 1 heteroatoms. The van der Waals surface area contributed by atoms with E-state index in [4.69, 9.17) is 0 Å². The Morgan fingerprint density at radius 2 is 2.17 bits per heavy atom. The molecule has 0 aromatic heterocycles. The van der Waals surface area contributed by atoms with Gasteiger partial charge >= 0.3 is 0 Å². The summed E-state index contributed by atoms with van der Waals surface area (Å²) in [7, 11) is 0. The third-order valence-corrected chi connectivity index (χ3v) is 4.07. The summed E-state index contributed by atoms with van der Waals surface area (Å²) in [5.74, 6) is 3.47. The number of nitrogens with zero attached hydrogens (tertiary/aromatic N) is 1. The van der Waals surface area contributed by atoms with Gasteiger partial charge in [0.15, 0.2) is 0 Å². The number of hydrogen-bond acceptors (Lipinski definition) is 1. The highest BCUT2D eigenvalue weighted by Crippen LogP contribution is 2.60. The zero-order chi connectivity index (χ0) is 8.13. The van der Waals surface area contributed by atoms with Crippen LogP contribution < -0.4 is 0 Å². The van der Waals surface area contributed by atoms with E-state index in [-0.39, 0.29) is 0 Å². The van der Waals surface area contributed by atoms with Crippen molar-refractivity contribution >= 4 is 0 Å². The molecule has 4 unspecified atom stereocenters. The van der Waals surface area contributed by atoms with Crippen LogP contribution in [0.15, 0.2) is 0 Å². The van der Waals surface area contributed by atoms with Crippen LogP contribution in [-0.4, -0.2) is 24.0 Å². The normalized spacial score (nSPS) is 49.8. The van der Waals surface area contributed by atoms with Crippen molar-refractivity contribution in [2.45, 2.75) is 38.6 Å². The van der Waals surface area contributed by atoms with Crippen molar-refractivity contribution in [3.63, 3.8) is 0 Å². The average molecular weight is 165 g/mol. The maximum absolute atomic E-state index is 2.78. The fourth-order valence-electron chi connectivity index (χ4n) is 3.14. The molecular formula is C11H19N. The first kappa shape index (κ1) is 7.37. The molecule has 2 aliphatic carbocycles. The highest BCUT2D eigenvalue weighted by molar-refractivity contribution is 5.11. The molecule has 0 aromatic rings. The van der Waals surface area contributed by atoms with Crippen molar-refractivity contribution < 1.29 is 0 Å². The first-order chi connectivity index (χ1) is 5.90. The van der Waals surface area contributed by atoms with Crippen LogP contribution in [0.4, 0.5) is 0 Å². The standard InChI is InChI=1S/C11H19N/c1-2-3-4-12-7-8-5-9(8)10-6-11(10)12/h8-11H,2-7H2,1H3. The first-order valence-corrected chi connectivity index (χ1v) is 5.64. The largest absolute Gasteiger partial charge is 0.300 e. The van der Waals surface area contributed by atoms with Crippen molar-refractivity contribution in [2.75, 3.05) is 13.1 Å². The van der Waals surface area contributed by atoms with E-state index >= 15 is 0 Å². The van der Waals surface area contributed by atoms with Gasteiger partial charge in [0.2, 0.25) is 0 Å². The third kappa shape index (κ3) is 1.02. The molecule has 68 valence electrons. The summed E-state index contributed by atoms with van der Waals surface area (Å²) in [6.45, 7) is 5.14. The van der Waals surface area contributed by atoms with E-state index in [1.807, 2.05) is 0 Å².